The van der Waals surface area contributed by atoms with Gasteiger partial charge >= 0.3 is 0 Å². The highest BCUT2D eigenvalue weighted by molar-refractivity contribution is 6.34. The number of nitrogens with one attached hydrogen (secondary N) is 1. The summed E-state index contributed by atoms with van der Waals surface area (Å²) in [5.74, 6) is -3.38. The second kappa shape index (κ2) is 10.4. The molecule has 0 spiro atoms. The third-order valence-electron chi connectivity index (χ3n) is 6.33. The van der Waals surface area contributed by atoms with Crippen molar-refractivity contribution in [3.63, 3.8) is 0 Å². The molecule has 4 rings (SSSR count). The second-order valence-corrected chi connectivity index (χ2v) is 9.55. The molecule has 2 amide bonds. The topological polar surface area (TPSA) is 69.6 Å². The van der Waals surface area contributed by atoms with Crippen molar-refractivity contribution in [2.24, 2.45) is 0 Å². The van der Waals surface area contributed by atoms with Crippen molar-refractivity contribution >= 4 is 34.8 Å². The van der Waals surface area contributed by atoms with Gasteiger partial charge < -0.3 is 15.3 Å². The summed E-state index contributed by atoms with van der Waals surface area (Å²) in [5, 5.41) is 12.5. The lowest BCUT2D eigenvalue weighted by Gasteiger charge is -2.20. The summed E-state index contributed by atoms with van der Waals surface area (Å²) in [6.45, 7) is 1.03. The van der Waals surface area contributed by atoms with Crippen LogP contribution in [0.4, 0.5) is 20.2 Å². The van der Waals surface area contributed by atoms with E-state index in [9.17, 15) is 23.5 Å². The predicted molar refractivity (Wildman–Crippen MR) is 137 cm³/mol. The number of carbonyl (C=O) groups is 2. The standard InChI is InChI=1S/C28H27ClF2N2O3/c1-17(34)28(30,31)22-10-3-18(4-11-22)15-26(35)32-23-12-7-20(8-13-23)27(36)33(2)25-16-21(19-5-6-19)9-14-24(25)29/h3-4,7-14,16-17,19,34H,5-6,15H2,1-2H3,(H,32,35). The van der Waals surface area contributed by atoms with Gasteiger partial charge in [0, 0.05) is 23.9 Å². The fourth-order valence-corrected chi connectivity index (χ4v) is 4.18. The fraction of sp³-hybridized carbons (Fsp3) is 0.286. The summed E-state index contributed by atoms with van der Waals surface area (Å²) in [5.41, 5.74) is 3.02. The molecule has 1 atom stereocenters. The van der Waals surface area contributed by atoms with Crippen LogP contribution in [-0.2, 0) is 17.1 Å². The normalized spacial score (nSPS) is 14.3. The van der Waals surface area contributed by atoms with E-state index >= 15 is 0 Å². The van der Waals surface area contributed by atoms with Gasteiger partial charge in [0.2, 0.25) is 5.91 Å². The number of hydrogen-bond donors (Lipinski definition) is 2. The summed E-state index contributed by atoms with van der Waals surface area (Å²) in [6, 6.07) is 17.6. The van der Waals surface area contributed by atoms with Gasteiger partial charge in [0.15, 0.2) is 0 Å². The van der Waals surface area contributed by atoms with Crippen LogP contribution in [0.1, 0.15) is 52.7 Å². The molecule has 0 aromatic heterocycles. The van der Waals surface area contributed by atoms with Gasteiger partial charge in [0.05, 0.1) is 17.1 Å². The molecule has 8 heteroatoms. The van der Waals surface area contributed by atoms with Crippen molar-refractivity contribution in [1.29, 1.82) is 0 Å². The number of benzene rings is 3. The number of halogens is 3. The zero-order chi connectivity index (χ0) is 26.0. The van der Waals surface area contributed by atoms with Crippen molar-refractivity contribution in [2.75, 3.05) is 17.3 Å². The smallest absolute Gasteiger partial charge is 0.298 e. The van der Waals surface area contributed by atoms with E-state index in [4.69, 9.17) is 11.6 Å². The first-order valence-electron chi connectivity index (χ1n) is 11.7. The van der Waals surface area contributed by atoms with Crippen molar-refractivity contribution in [2.45, 2.75) is 44.1 Å². The van der Waals surface area contributed by atoms with Gasteiger partial charge in [0.25, 0.3) is 11.8 Å². The van der Waals surface area contributed by atoms with Gasteiger partial charge in [-0.25, -0.2) is 0 Å². The Balaban J connectivity index is 1.37. The fourth-order valence-electron chi connectivity index (χ4n) is 3.93. The molecule has 188 valence electrons. The van der Waals surface area contributed by atoms with Gasteiger partial charge in [-0.3, -0.25) is 9.59 Å². The summed E-state index contributed by atoms with van der Waals surface area (Å²) >= 11 is 6.35. The first kappa shape index (κ1) is 25.8. The molecule has 0 heterocycles. The van der Waals surface area contributed by atoms with Gasteiger partial charge in [-0.05, 0) is 73.2 Å². The molecule has 1 aliphatic carbocycles. The summed E-state index contributed by atoms with van der Waals surface area (Å²) in [4.78, 5) is 27.0. The van der Waals surface area contributed by atoms with Gasteiger partial charge in [-0.15, -0.1) is 0 Å². The summed E-state index contributed by atoms with van der Waals surface area (Å²) < 4.78 is 27.8. The average molecular weight is 513 g/mol. The van der Waals surface area contributed by atoms with Crippen molar-refractivity contribution in [3.8, 4) is 0 Å². The van der Waals surface area contributed by atoms with E-state index in [2.05, 4.69) is 5.32 Å². The Labute approximate surface area is 213 Å². The minimum absolute atomic E-state index is 0.0141. The van der Waals surface area contributed by atoms with E-state index in [1.807, 2.05) is 18.2 Å². The van der Waals surface area contributed by atoms with E-state index in [1.54, 1.807) is 31.3 Å². The molecular weight excluding hydrogens is 486 g/mol. The lowest BCUT2D eigenvalue weighted by atomic mass is 10.0. The highest BCUT2D eigenvalue weighted by atomic mass is 35.5. The van der Waals surface area contributed by atoms with Crippen molar-refractivity contribution < 1.29 is 23.5 Å². The molecule has 36 heavy (non-hydrogen) atoms. The van der Waals surface area contributed by atoms with Crippen LogP contribution in [0.5, 0.6) is 0 Å². The Kier molecular flexibility index (Phi) is 7.43. The van der Waals surface area contributed by atoms with Gasteiger partial charge in [0.1, 0.15) is 6.10 Å². The Bertz CT molecular complexity index is 1260. The Morgan fingerprint density at radius 3 is 2.31 bits per heavy atom. The zero-order valence-corrected chi connectivity index (χ0v) is 20.7. The number of carbonyl (C=O) groups excluding carboxylic acids is 2. The zero-order valence-electron chi connectivity index (χ0n) is 20.0. The molecule has 5 nitrogen and oxygen atoms in total. The molecule has 1 aliphatic rings. The highest BCUT2D eigenvalue weighted by Crippen LogP contribution is 2.42. The summed E-state index contributed by atoms with van der Waals surface area (Å²) in [6.07, 6.45) is 0.470. The van der Waals surface area contributed by atoms with Gasteiger partial charge in [-0.1, -0.05) is 41.9 Å². The van der Waals surface area contributed by atoms with E-state index in [0.717, 1.165) is 19.8 Å². The number of aliphatic hydroxyl groups is 1. The molecule has 3 aromatic rings. The molecule has 3 aromatic carbocycles. The Morgan fingerprint density at radius 2 is 1.72 bits per heavy atom. The maximum atomic E-state index is 13.9. The third-order valence-corrected chi connectivity index (χ3v) is 6.65. The minimum Gasteiger partial charge on any atom is -0.387 e. The monoisotopic (exact) mass is 512 g/mol. The largest absolute Gasteiger partial charge is 0.387 e. The predicted octanol–water partition coefficient (Wildman–Crippen LogP) is 6.15. The van der Waals surface area contributed by atoms with Crippen LogP contribution in [0.2, 0.25) is 5.02 Å². The van der Waals surface area contributed by atoms with Crippen LogP contribution in [0, 0.1) is 0 Å². The SMILES string of the molecule is CC(O)C(F)(F)c1ccc(CC(=O)Nc2ccc(C(=O)N(C)c3cc(C4CC4)ccc3Cl)cc2)cc1. The minimum atomic E-state index is -3.36. The van der Waals surface area contributed by atoms with Crippen molar-refractivity contribution in [1.82, 2.24) is 0 Å². The number of amides is 2. The number of alkyl halides is 2. The van der Waals surface area contributed by atoms with Crippen LogP contribution < -0.4 is 10.2 Å². The number of rotatable bonds is 8. The maximum absolute atomic E-state index is 13.9. The molecule has 1 unspecified atom stereocenters. The molecule has 0 aliphatic heterocycles. The van der Waals surface area contributed by atoms with E-state index in [0.29, 0.717) is 33.4 Å². The number of nitrogens with zero attached hydrogens (tertiary/aromatic N) is 1. The number of hydrogen-bond acceptors (Lipinski definition) is 3. The van der Waals surface area contributed by atoms with Crippen LogP contribution in [0.15, 0.2) is 66.7 Å². The molecule has 2 N–H and O–H groups in total. The first-order valence-corrected chi connectivity index (χ1v) is 12.1. The molecule has 1 saturated carbocycles. The quantitative estimate of drug-likeness (QED) is 0.380. The van der Waals surface area contributed by atoms with Crippen LogP contribution >= 0.6 is 11.6 Å². The molecular formula is C28H27ClF2N2O3. The number of anilines is 2. The van der Waals surface area contributed by atoms with Crippen LogP contribution in [-0.4, -0.2) is 30.1 Å². The Morgan fingerprint density at radius 1 is 1.08 bits per heavy atom. The lowest BCUT2D eigenvalue weighted by Crippen LogP contribution is -2.27. The van der Waals surface area contributed by atoms with Crippen LogP contribution in [0.25, 0.3) is 0 Å². The second-order valence-electron chi connectivity index (χ2n) is 9.15. The molecule has 0 bridgehead atoms. The van der Waals surface area contributed by atoms with Gasteiger partial charge in [-0.2, -0.15) is 8.78 Å². The Hall–Kier alpha value is -3.29. The first-order chi connectivity index (χ1) is 17.1. The maximum Gasteiger partial charge on any atom is 0.298 e. The highest BCUT2D eigenvalue weighted by Gasteiger charge is 2.37. The van der Waals surface area contributed by atoms with Crippen molar-refractivity contribution in [3.05, 3.63) is 94.0 Å². The van der Waals surface area contributed by atoms with E-state index < -0.39 is 12.0 Å². The van der Waals surface area contributed by atoms with E-state index in [-0.39, 0.29) is 23.8 Å². The average Bonchev–Trinajstić information content (AvgIpc) is 3.70. The van der Waals surface area contributed by atoms with Crippen LogP contribution in [0.3, 0.4) is 0 Å². The molecule has 0 saturated heterocycles. The van der Waals surface area contributed by atoms with E-state index in [1.165, 1.54) is 34.7 Å². The lowest BCUT2D eigenvalue weighted by molar-refractivity contribution is -0.115. The molecule has 1 fully saturated rings. The summed E-state index contributed by atoms with van der Waals surface area (Å²) in [7, 11) is 1.68. The third kappa shape index (κ3) is 5.74. The number of aliphatic hydroxyl groups excluding tert-OH is 1. The molecule has 0 radical (unpaired) electrons.